The fraction of sp³-hybridized carbons (Fsp3) is 0.333. The van der Waals surface area contributed by atoms with Gasteiger partial charge >= 0.3 is 18.2 Å². The minimum atomic E-state index is -4.70. The molecule has 0 unspecified atom stereocenters. The Kier molecular flexibility index (Phi) is 5.42. The van der Waals surface area contributed by atoms with Crippen molar-refractivity contribution in [2.24, 2.45) is 0 Å². The maximum atomic E-state index is 12.8. The Morgan fingerprint density at radius 3 is 2.48 bits per heavy atom. The Morgan fingerprint density at radius 2 is 2.00 bits per heavy atom. The van der Waals surface area contributed by atoms with E-state index >= 15 is 0 Å². The number of rotatable bonds is 4. The highest BCUT2D eigenvalue weighted by molar-refractivity contribution is 6.30. The maximum absolute atomic E-state index is 12.8. The molecule has 1 aromatic carbocycles. The Labute approximate surface area is 123 Å². The highest BCUT2D eigenvalue weighted by Crippen LogP contribution is 2.36. The summed E-state index contributed by atoms with van der Waals surface area (Å²) in [5.74, 6) is -1.28. The van der Waals surface area contributed by atoms with E-state index in [2.05, 4.69) is 5.32 Å². The fourth-order valence-corrected chi connectivity index (χ4v) is 1.69. The normalized spacial score (nSPS) is 12.6. The molecule has 1 rings (SSSR count). The number of aliphatic carboxylic acids is 1. The summed E-state index contributed by atoms with van der Waals surface area (Å²) in [6.07, 6.45) is -4.61. The fourth-order valence-electron chi connectivity index (χ4n) is 1.52. The van der Waals surface area contributed by atoms with Gasteiger partial charge in [0.15, 0.2) is 0 Å². The SMILES string of the molecule is CC[C@H](NC(=O)Nc1ccc(Cl)cc1C(F)(F)F)C(=O)O. The molecule has 9 heteroatoms. The van der Waals surface area contributed by atoms with Crippen LogP contribution in [0.25, 0.3) is 0 Å². The van der Waals surface area contributed by atoms with Crippen LogP contribution in [-0.4, -0.2) is 23.1 Å². The quantitative estimate of drug-likeness (QED) is 0.794. The first kappa shape index (κ1) is 17.1. The number of carboxylic acid groups (broad SMARTS) is 1. The van der Waals surface area contributed by atoms with Gasteiger partial charge in [-0.15, -0.1) is 0 Å². The van der Waals surface area contributed by atoms with Crippen LogP contribution in [0.4, 0.5) is 23.7 Å². The molecule has 2 amide bonds. The number of nitrogens with one attached hydrogen (secondary N) is 2. The first-order valence-electron chi connectivity index (χ1n) is 5.82. The van der Waals surface area contributed by atoms with E-state index in [9.17, 15) is 22.8 Å². The summed E-state index contributed by atoms with van der Waals surface area (Å²) in [7, 11) is 0. The Morgan fingerprint density at radius 1 is 1.38 bits per heavy atom. The van der Waals surface area contributed by atoms with Gasteiger partial charge in [0.25, 0.3) is 0 Å². The summed E-state index contributed by atoms with van der Waals surface area (Å²) in [5, 5.41) is 12.7. The molecule has 21 heavy (non-hydrogen) atoms. The standard InChI is InChI=1S/C12H12ClF3N2O3/c1-2-8(10(19)20)17-11(21)18-9-4-3-6(13)5-7(9)12(14,15)16/h3-5,8H,2H2,1H3,(H,19,20)(H2,17,18,21)/t8-/m0/s1. The van der Waals surface area contributed by atoms with E-state index in [0.29, 0.717) is 6.07 Å². The molecule has 3 N–H and O–H groups in total. The third kappa shape index (κ3) is 4.82. The molecule has 116 valence electrons. The summed E-state index contributed by atoms with van der Waals surface area (Å²) in [6, 6.07) is 0.614. The predicted octanol–water partition coefficient (Wildman–Crippen LogP) is 3.34. The summed E-state index contributed by atoms with van der Waals surface area (Å²) in [6.45, 7) is 1.52. The zero-order chi connectivity index (χ0) is 16.2. The first-order valence-corrected chi connectivity index (χ1v) is 6.20. The zero-order valence-electron chi connectivity index (χ0n) is 10.8. The number of hydrogen-bond acceptors (Lipinski definition) is 2. The molecule has 0 saturated carbocycles. The lowest BCUT2D eigenvalue weighted by molar-refractivity contribution is -0.139. The number of halogens is 4. The van der Waals surface area contributed by atoms with Gasteiger partial charge in [-0.25, -0.2) is 9.59 Å². The molecule has 0 fully saturated rings. The van der Waals surface area contributed by atoms with Crippen molar-refractivity contribution < 1.29 is 27.9 Å². The molecule has 0 heterocycles. The third-order valence-electron chi connectivity index (χ3n) is 2.55. The third-order valence-corrected chi connectivity index (χ3v) is 2.78. The molecule has 5 nitrogen and oxygen atoms in total. The summed E-state index contributed by atoms with van der Waals surface area (Å²) < 4.78 is 38.4. The number of carbonyl (C=O) groups excluding carboxylic acids is 1. The highest BCUT2D eigenvalue weighted by atomic mass is 35.5. The molecule has 0 bridgehead atoms. The number of urea groups is 1. The lowest BCUT2D eigenvalue weighted by atomic mass is 10.1. The number of carboxylic acids is 1. The molecular weight excluding hydrogens is 313 g/mol. The van der Waals surface area contributed by atoms with Crippen molar-refractivity contribution in [1.82, 2.24) is 5.32 Å². The van der Waals surface area contributed by atoms with E-state index in [1.165, 1.54) is 13.0 Å². The molecule has 0 aliphatic heterocycles. The van der Waals surface area contributed by atoms with Gasteiger partial charge in [-0.3, -0.25) is 0 Å². The average molecular weight is 325 g/mol. The predicted molar refractivity (Wildman–Crippen MR) is 70.3 cm³/mol. The Balaban J connectivity index is 2.93. The Bertz CT molecular complexity index is 549. The van der Waals surface area contributed by atoms with Crippen molar-refractivity contribution in [2.45, 2.75) is 25.6 Å². The second-order valence-corrected chi connectivity index (χ2v) is 4.52. The zero-order valence-corrected chi connectivity index (χ0v) is 11.5. The van der Waals surface area contributed by atoms with Crippen LogP contribution < -0.4 is 10.6 Å². The van der Waals surface area contributed by atoms with Crippen LogP contribution in [-0.2, 0) is 11.0 Å². The van der Waals surface area contributed by atoms with E-state index in [1.54, 1.807) is 0 Å². The van der Waals surface area contributed by atoms with Crippen LogP contribution in [0.15, 0.2) is 18.2 Å². The molecular formula is C12H12ClF3N2O3. The maximum Gasteiger partial charge on any atom is 0.418 e. The molecule has 0 aliphatic rings. The van der Waals surface area contributed by atoms with Gasteiger partial charge in [-0.2, -0.15) is 13.2 Å². The minimum absolute atomic E-state index is 0.0928. The number of hydrogen-bond donors (Lipinski definition) is 3. The summed E-state index contributed by atoms with van der Waals surface area (Å²) in [4.78, 5) is 22.3. The van der Waals surface area contributed by atoms with Crippen molar-refractivity contribution >= 4 is 29.3 Å². The second-order valence-electron chi connectivity index (χ2n) is 4.09. The van der Waals surface area contributed by atoms with Gasteiger partial charge in [-0.1, -0.05) is 18.5 Å². The van der Waals surface area contributed by atoms with E-state index in [0.717, 1.165) is 6.07 Å². The van der Waals surface area contributed by atoms with Crippen molar-refractivity contribution in [3.8, 4) is 0 Å². The van der Waals surface area contributed by atoms with E-state index in [-0.39, 0.29) is 11.4 Å². The van der Waals surface area contributed by atoms with E-state index < -0.39 is 35.5 Å². The van der Waals surface area contributed by atoms with E-state index in [1.807, 2.05) is 5.32 Å². The molecule has 0 radical (unpaired) electrons. The van der Waals surface area contributed by atoms with Crippen molar-refractivity contribution in [3.05, 3.63) is 28.8 Å². The number of alkyl halides is 3. The lowest BCUT2D eigenvalue weighted by Gasteiger charge is -2.16. The number of carbonyl (C=O) groups is 2. The lowest BCUT2D eigenvalue weighted by Crippen LogP contribution is -2.42. The molecule has 0 saturated heterocycles. The van der Waals surface area contributed by atoms with Crippen molar-refractivity contribution in [2.75, 3.05) is 5.32 Å². The summed E-state index contributed by atoms with van der Waals surface area (Å²) in [5.41, 5.74) is -1.63. The highest BCUT2D eigenvalue weighted by Gasteiger charge is 2.34. The molecule has 0 spiro atoms. The number of anilines is 1. The van der Waals surface area contributed by atoms with Gasteiger partial charge in [0, 0.05) is 5.02 Å². The summed E-state index contributed by atoms with van der Waals surface area (Å²) >= 11 is 5.50. The monoisotopic (exact) mass is 324 g/mol. The van der Waals surface area contributed by atoms with Gasteiger partial charge < -0.3 is 15.7 Å². The number of amides is 2. The second kappa shape index (κ2) is 6.66. The van der Waals surface area contributed by atoms with Crippen LogP contribution in [0.2, 0.25) is 5.02 Å². The topological polar surface area (TPSA) is 78.4 Å². The molecule has 1 aromatic rings. The van der Waals surface area contributed by atoms with E-state index in [4.69, 9.17) is 16.7 Å². The smallest absolute Gasteiger partial charge is 0.418 e. The largest absolute Gasteiger partial charge is 0.480 e. The van der Waals surface area contributed by atoms with Crippen molar-refractivity contribution in [3.63, 3.8) is 0 Å². The van der Waals surface area contributed by atoms with Gasteiger partial charge in [0.1, 0.15) is 6.04 Å². The van der Waals surface area contributed by atoms with Gasteiger partial charge in [-0.05, 0) is 24.6 Å². The molecule has 0 aliphatic carbocycles. The first-order chi connectivity index (χ1) is 9.65. The number of benzene rings is 1. The van der Waals surface area contributed by atoms with Crippen LogP contribution >= 0.6 is 11.6 Å². The molecule has 0 aromatic heterocycles. The van der Waals surface area contributed by atoms with Crippen molar-refractivity contribution in [1.29, 1.82) is 0 Å². The molecule has 1 atom stereocenters. The minimum Gasteiger partial charge on any atom is -0.480 e. The van der Waals surface area contributed by atoms with Gasteiger partial charge in [0.2, 0.25) is 0 Å². The van der Waals surface area contributed by atoms with Gasteiger partial charge in [0.05, 0.1) is 11.3 Å². The van der Waals surface area contributed by atoms with Crippen LogP contribution in [0, 0.1) is 0 Å². The van der Waals surface area contributed by atoms with Crippen LogP contribution in [0.3, 0.4) is 0 Å². The van der Waals surface area contributed by atoms with Crippen LogP contribution in [0.1, 0.15) is 18.9 Å². The average Bonchev–Trinajstić information content (AvgIpc) is 2.36. The van der Waals surface area contributed by atoms with Crippen LogP contribution in [0.5, 0.6) is 0 Å². The Hall–Kier alpha value is -1.96.